The molecule has 1 atom stereocenters. The van der Waals surface area contributed by atoms with Crippen molar-refractivity contribution < 1.29 is 22.7 Å². The van der Waals surface area contributed by atoms with Crippen LogP contribution in [0.2, 0.25) is 0 Å². The molecule has 0 radical (unpaired) electrons. The van der Waals surface area contributed by atoms with Crippen molar-refractivity contribution in [1.29, 1.82) is 0 Å². The van der Waals surface area contributed by atoms with Crippen LogP contribution in [0.15, 0.2) is 18.2 Å². The molecule has 1 fully saturated rings. The van der Waals surface area contributed by atoms with E-state index >= 15 is 0 Å². The Bertz CT molecular complexity index is 713. The van der Waals surface area contributed by atoms with Gasteiger partial charge in [-0.15, -0.1) is 0 Å². The van der Waals surface area contributed by atoms with E-state index in [2.05, 4.69) is 0 Å². The van der Waals surface area contributed by atoms with Crippen LogP contribution in [-0.4, -0.2) is 64.4 Å². The first kappa shape index (κ1) is 16.1. The minimum absolute atomic E-state index is 0.00846. The fourth-order valence-corrected chi connectivity index (χ4v) is 3.70. The fourth-order valence-electron chi connectivity index (χ4n) is 2.79. The van der Waals surface area contributed by atoms with Gasteiger partial charge in [0, 0.05) is 13.1 Å². The highest BCUT2D eigenvalue weighted by Crippen LogP contribution is 2.36. The van der Waals surface area contributed by atoms with Crippen LogP contribution in [0.1, 0.15) is 5.56 Å². The topological polar surface area (TPSA) is 76.2 Å². The molecule has 1 aromatic rings. The molecule has 0 aliphatic carbocycles. The average molecular weight is 340 g/mol. The highest BCUT2D eigenvalue weighted by atomic mass is 32.2. The summed E-state index contributed by atoms with van der Waals surface area (Å²) in [4.78, 5) is 14.3. The van der Waals surface area contributed by atoms with Gasteiger partial charge in [-0.05, 0) is 24.6 Å². The Morgan fingerprint density at radius 1 is 1.26 bits per heavy atom. The number of benzene rings is 1. The Kier molecular flexibility index (Phi) is 4.20. The number of morpholine rings is 1. The number of carbonyl (C=O) groups excluding carboxylic acids is 1. The molecule has 2 heterocycles. The molecule has 2 aliphatic rings. The highest BCUT2D eigenvalue weighted by Gasteiger charge is 2.37. The third kappa shape index (κ3) is 3.28. The zero-order valence-electron chi connectivity index (χ0n) is 13.2. The van der Waals surface area contributed by atoms with Crippen molar-refractivity contribution in [2.45, 2.75) is 13.0 Å². The number of sulfonamides is 1. The maximum atomic E-state index is 12.6. The number of fused-ring (bicyclic) bond motifs is 1. The molecule has 1 unspecified atom stereocenters. The zero-order valence-corrected chi connectivity index (χ0v) is 14.0. The lowest BCUT2D eigenvalue weighted by Gasteiger charge is -2.37. The predicted octanol–water partition coefficient (Wildman–Crippen LogP) is 0.381. The van der Waals surface area contributed by atoms with Crippen molar-refractivity contribution in [2.24, 2.45) is 0 Å². The Balaban J connectivity index is 1.91. The van der Waals surface area contributed by atoms with Gasteiger partial charge in [0.25, 0.3) is 5.91 Å². The van der Waals surface area contributed by atoms with Crippen LogP contribution < -0.4 is 9.04 Å². The first-order valence-corrected chi connectivity index (χ1v) is 9.32. The van der Waals surface area contributed by atoms with Crippen LogP contribution in [0.3, 0.4) is 0 Å². The molecule has 3 rings (SSSR count). The van der Waals surface area contributed by atoms with Gasteiger partial charge >= 0.3 is 0 Å². The summed E-state index contributed by atoms with van der Waals surface area (Å²) in [6, 6.07) is 5.30. The van der Waals surface area contributed by atoms with Crippen molar-refractivity contribution in [2.75, 3.05) is 43.4 Å². The first-order chi connectivity index (χ1) is 10.9. The lowest BCUT2D eigenvalue weighted by Crippen LogP contribution is -2.53. The Morgan fingerprint density at radius 3 is 2.61 bits per heavy atom. The Morgan fingerprint density at radius 2 is 1.96 bits per heavy atom. The van der Waals surface area contributed by atoms with Crippen LogP contribution in [0, 0.1) is 6.92 Å². The maximum Gasteiger partial charge on any atom is 0.265 e. The monoisotopic (exact) mass is 340 g/mol. The Hall–Kier alpha value is -1.80. The van der Waals surface area contributed by atoms with E-state index in [9.17, 15) is 13.2 Å². The van der Waals surface area contributed by atoms with Crippen molar-refractivity contribution in [3.05, 3.63) is 23.8 Å². The summed E-state index contributed by atoms with van der Waals surface area (Å²) in [6.07, 6.45) is 0.304. The molecule has 1 saturated heterocycles. The van der Waals surface area contributed by atoms with Gasteiger partial charge in [0.1, 0.15) is 5.75 Å². The van der Waals surface area contributed by atoms with Crippen molar-refractivity contribution in [3.8, 4) is 5.75 Å². The second-order valence-electron chi connectivity index (χ2n) is 5.81. The smallest absolute Gasteiger partial charge is 0.265 e. The van der Waals surface area contributed by atoms with Gasteiger partial charge in [0.2, 0.25) is 10.0 Å². The number of carbonyl (C=O) groups is 1. The molecule has 23 heavy (non-hydrogen) atoms. The van der Waals surface area contributed by atoms with Gasteiger partial charge in [0.05, 0.1) is 31.7 Å². The minimum Gasteiger partial charge on any atom is -0.476 e. The number of aryl methyl sites for hydroxylation is 1. The van der Waals surface area contributed by atoms with Crippen molar-refractivity contribution >= 4 is 21.6 Å². The fraction of sp³-hybridized carbons (Fsp3) is 0.533. The summed E-state index contributed by atoms with van der Waals surface area (Å²) in [5, 5.41) is 0. The summed E-state index contributed by atoms with van der Waals surface area (Å²) in [7, 11) is -3.50. The van der Waals surface area contributed by atoms with Crippen LogP contribution >= 0.6 is 0 Å². The third-order valence-corrected chi connectivity index (χ3v) is 5.13. The molecule has 0 bridgehead atoms. The van der Waals surface area contributed by atoms with Gasteiger partial charge < -0.3 is 14.4 Å². The minimum atomic E-state index is -3.50. The lowest BCUT2D eigenvalue weighted by molar-refractivity contribution is -0.142. The van der Waals surface area contributed by atoms with Crippen molar-refractivity contribution in [1.82, 2.24) is 4.90 Å². The Labute approximate surface area is 135 Å². The number of nitrogens with zero attached hydrogens (tertiary/aromatic N) is 2. The van der Waals surface area contributed by atoms with E-state index in [1.165, 1.54) is 4.31 Å². The predicted molar refractivity (Wildman–Crippen MR) is 85.2 cm³/mol. The van der Waals surface area contributed by atoms with E-state index in [0.29, 0.717) is 37.7 Å². The highest BCUT2D eigenvalue weighted by molar-refractivity contribution is 7.92. The molecule has 7 nitrogen and oxygen atoms in total. The van der Waals surface area contributed by atoms with E-state index < -0.39 is 16.1 Å². The standard InChI is InChI=1S/C15H20N2O5S/c1-11-3-4-13-12(9-11)17(23(2,19)20)10-14(22-13)15(18)16-5-7-21-8-6-16/h3-4,9,14H,5-8,10H2,1-2H3. The quantitative estimate of drug-likeness (QED) is 0.778. The van der Waals surface area contributed by atoms with Crippen LogP contribution in [-0.2, 0) is 19.6 Å². The molecule has 0 N–H and O–H groups in total. The molecular formula is C15H20N2O5S. The number of hydrogen-bond donors (Lipinski definition) is 0. The van der Waals surface area contributed by atoms with E-state index in [4.69, 9.17) is 9.47 Å². The summed E-state index contributed by atoms with van der Waals surface area (Å²) in [5.74, 6) is 0.215. The molecule has 8 heteroatoms. The molecule has 0 spiro atoms. The van der Waals surface area contributed by atoms with Gasteiger partial charge in [-0.1, -0.05) is 6.07 Å². The molecule has 1 aromatic carbocycles. The number of hydrogen-bond acceptors (Lipinski definition) is 5. The molecule has 0 saturated carbocycles. The first-order valence-electron chi connectivity index (χ1n) is 7.48. The van der Waals surface area contributed by atoms with E-state index in [0.717, 1.165) is 11.8 Å². The molecular weight excluding hydrogens is 320 g/mol. The lowest BCUT2D eigenvalue weighted by atomic mass is 10.1. The largest absolute Gasteiger partial charge is 0.476 e. The van der Waals surface area contributed by atoms with Gasteiger partial charge in [-0.2, -0.15) is 0 Å². The zero-order chi connectivity index (χ0) is 16.6. The van der Waals surface area contributed by atoms with Gasteiger partial charge in [0.15, 0.2) is 6.10 Å². The average Bonchev–Trinajstić information content (AvgIpc) is 2.53. The molecule has 1 amide bonds. The van der Waals surface area contributed by atoms with E-state index in [1.54, 1.807) is 17.0 Å². The molecule has 2 aliphatic heterocycles. The molecule has 0 aromatic heterocycles. The summed E-state index contributed by atoms with van der Waals surface area (Å²) >= 11 is 0. The van der Waals surface area contributed by atoms with Crippen LogP contribution in [0.25, 0.3) is 0 Å². The second kappa shape index (κ2) is 6.01. The van der Waals surface area contributed by atoms with Crippen LogP contribution in [0.4, 0.5) is 5.69 Å². The summed E-state index contributed by atoms with van der Waals surface area (Å²) < 4.78 is 36.5. The van der Waals surface area contributed by atoms with Gasteiger partial charge in [-0.25, -0.2) is 8.42 Å². The number of rotatable bonds is 2. The number of anilines is 1. The normalized spacial score (nSPS) is 21.6. The van der Waals surface area contributed by atoms with E-state index in [-0.39, 0.29) is 12.5 Å². The van der Waals surface area contributed by atoms with Gasteiger partial charge in [-0.3, -0.25) is 9.10 Å². The SMILES string of the molecule is Cc1ccc2c(c1)N(S(C)(=O)=O)CC(C(=O)N1CCOCC1)O2. The van der Waals surface area contributed by atoms with Crippen LogP contribution in [0.5, 0.6) is 5.75 Å². The molecule has 126 valence electrons. The number of amides is 1. The van der Waals surface area contributed by atoms with Crippen molar-refractivity contribution in [3.63, 3.8) is 0 Å². The third-order valence-electron chi connectivity index (χ3n) is 3.98. The van der Waals surface area contributed by atoms with E-state index in [1.807, 2.05) is 13.0 Å². The second-order valence-corrected chi connectivity index (χ2v) is 7.72. The summed E-state index contributed by atoms with van der Waals surface area (Å²) in [5.41, 5.74) is 1.41. The maximum absolute atomic E-state index is 12.6. The summed E-state index contributed by atoms with van der Waals surface area (Å²) in [6.45, 7) is 3.85. The number of ether oxygens (including phenoxy) is 2.